The fourth-order valence-electron chi connectivity index (χ4n) is 1.95. The highest BCUT2D eigenvalue weighted by molar-refractivity contribution is 5.88. The molecule has 9 heavy (non-hydrogen) atoms. The molecule has 1 unspecified atom stereocenters. The summed E-state index contributed by atoms with van der Waals surface area (Å²) in [5, 5.41) is 0. The first-order chi connectivity index (χ1) is 4.47. The summed E-state index contributed by atoms with van der Waals surface area (Å²) in [4.78, 5) is 4.47. The summed E-state index contributed by atoms with van der Waals surface area (Å²) in [6.45, 7) is 1.12. The van der Waals surface area contributed by atoms with Gasteiger partial charge in [-0.25, -0.2) is 0 Å². The quantitative estimate of drug-likeness (QED) is 0.467. The van der Waals surface area contributed by atoms with Crippen molar-refractivity contribution in [2.24, 2.45) is 10.9 Å². The lowest BCUT2D eigenvalue weighted by atomic mass is 9.87. The molecule has 0 amide bonds. The summed E-state index contributed by atoms with van der Waals surface area (Å²) in [5.74, 6) is 0.916. The molecular weight excluding hydrogens is 110 g/mol. The first kappa shape index (κ1) is 5.45. The fourth-order valence-corrected chi connectivity index (χ4v) is 1.95. The summed E-state index contributed by atoms with van der Waals surface area (Å²) >= 11 is 0. The smallest absolute Gasteiger partial charge is 0.0395 e. The third kappa shape index (κ3) is 0.887. The molecule has 2 aliphatic rings. The van der Waals surface area contributed by atoms with Gasteiger partial charge in [-0.15, -0.1) is 0 Å². The Hall–Kier alpha value is -0.330. The van der Waals surface area contributed by atoms with Gasteiger partial charge in [0.2, 0.25) is 0 Å². The van der Waals surface area contributed by atoms with Crippen LogP contribution in [0.25, 0.3) is 0 Å². The molecule has 0 aromatic heterocycles. The van der Waals surface area contributed by atoms with Crippen LogP contribution in [0.15, 0.2) is 4.99 Å². The average Bonchev–Trinajstić information content (AvgIpc) is 2.33. The highest BCUT2D eigenvalue weighted by Crippen LogP contribution is 2.28. The van der Waals surface area contributed by atoms with Crippen molar-refractivity contribution in [1.29, 1.82) is 0 Å². The third-order valence-electron chi connectivity index (χ3n) is 2.50. The normalized spacial score (nSPS) is 33.8. The van der Waals surface area contributed by atoms with Gasteiger partial charge < -0.3 is 0 Å². The first-order valence-electron chi connectivity index (χ1n) is 4.00. The van der Waals surface area contributed by atoms with E-state index in [1.165, 1.54) is 32.1 Å². The van der Waals surface area contributed by atoms with E-state index in [4.69, 9.17) is 0 Å². The summed E-state index contributed by atoms with van der Waals surface area (Å²) in [5.41, 5.74) is 1.54. The first-order valence-corrected chi connectivity index (χ1v) is 4.00. The minimum atomic E-state index is 0.916. The Balaban J connectivity index is 2.09. The predicted octanol–water partition coefficient (Wildman–Crippen LogP) is 2.02. The summed E-state index contributed by atoms with van der Waals surface area (Å²) in [6, 6.07) is 0. The summed E-state index contributed by atoms with van der Waals surface area (Å²) < 4.78 is 0. The van der Waals surface area contributed by atoms with Crippen molar-refractivity contribution in [3.05, 3.63) is 0 Å². The molecule has 0 N–H and O–H groups in total. The van der Waals surface area contributed by atoms with Crippen LogP contribution in [0.2, 0.25) is 0 Å². The van der Waals surface area contributed by atoms with E-state index in [-0.39, 0.29) is 0 Å². The van der Waals surface area contributed by atoms with Crippen molar-refractivity contribution in [2.45, 2.75) is 32.1 Å². The standard InChI is InChI=1S/C8H13N/c1-2-4-8-7(3-1)5-6-9-8/h7H,1-6H2. The Morgan fingerprint density at radius 3 is 3.11 bits per heavy atom. The lowest BCUT2D eigenvalue weighted by Gasteiger charge is -2.17. The minimum Gasteiger partial charge on any atom is -0.294 e. The largest absolute Gasteiger partial charge is 0.294 e. The number of rotatable bonds is 0. The molecule has 1 fully saturated rings. The lowest BCUT2D eigenvalue weighted by Crippen LogP contribution is -2.14. The van der Waals surface area contributed by atoms with Gasteiger partial charge in [-0.3, -0.25) is 4.99 Å². The molecule has 1 nitrogen and oxygen atoms in total. The molecule has 1 saturated carbocycles. The lowest BCUT2D eigenvalue weighted by molar-refractivity contribution is 0.531. The molecule has 2 rings (SSSR count). The van der Waals surface area contributed by atoms with E-state index in [1.54, 1.807) is 5.71 Å². The SMILES string of the molecule is C1CCC2CCN=C2C1. The number of nitrogens with zero attached hydrogens (tertiary/aromatic N) is 1. The van der Waals surface area contributed by atoms with E-state index < -0.39 is 0 Å². The Morgan fingerprint density at radius 2 is 2.22 bits per heavy atom. The molecule has 0 aromatic rings. The molecule has 0 bridgehead atoms. The second-order valence-electron chi connectivity index (χ2n) is 3.10. The zero-order valence-electron chi connectivity index (χ0n) is 5.77. The second-order valence-corrected chi connectivity index (χ2v) is 3.10. The van der Waals surface area contributed by atoms with E-state index in [0.29, 0.717) is 0 Å². The Morgan fingerprint density at radius 1 is 1.22 bits per heavy atom. The summed E-state index contributed by atoms with van der Waals surface area (Å²) in [7, 11) is 0. The van der Waals surface area contributed by atoms with Crippen molar-refractivity contribution in [3.8, 4) is 0 Å². The van der Waals surface area contributed by atoms with Crippen molar-refractivity contribution in [3.63, 3.8) is 0 Å². The molecule has 1 atom stereocenters. The van der Waals surface area contributed by atoms with Gasteiger partial charge in [0.05, 0.1) is 0 Å². The molecule has 0 aromatic carbocycles. The van der Waals surface area contributed by atoms with E-state index in [1.807, 2.05) is 0 Å². The molecule has 0 spiro atoms. The molecule has 1 heterocycles. The number of aliphatic imine (C=N–C) groups is 1. The maximum atomic E-state index is 4.47. The van der Waals surface area contributed by atoms with Gasteiger partial charge in [-0.1, -0.05) is 6.42 Å². The topological polar surface area (TPSA) is 12.4 Å². The summed E-state index contributed by atoms with van der Waals surface area (Å²) in [6.07, 6.45) is 6.94. The highest BCUT2D eigenvalue weighted by atomic mass is 14.8. The van der Waals surface area contributed by atoms with E-state index >= 15 is 0 Å². The Labute approximate surface area is 56.2 Å². The Bertz CT molecular complexity index is 138. The van der Waals surface area contributed by atoms with Crippen LogP contribution in [0.5, 0.6) is 0 Å². The zero-order chi connectivity index (χ0) is 6.10. The zero-order valence-corrected chi connectivity index (χ0v) is 5.77. The van der Waals surface area contributed by atoms with Gasteiger partial charge in [0.1, 0.15) is 0 Å². The van der Waals surface area contributed by atoms with Crippen LogP contribution in [-0.2, 0) is 0 Å². The van der Waals surface area contributed by atoms with Crippen molar-refractivity contribution in [2.75, 3.05) is 6.54 Å². The van der Waals surface area contributed by atoms with Crippen molar-refractivity contribution >= 4 is 5.71 Å². The van der Waals surface area contributed by atoms with Crippen LogP contribution >= 0.6 is 0 Å². The van der Waals surface area contributed by atoms with E-state index in [9.17, 15) is 0 Å². The van der Waals surface area contributed by atoms with Gasteiger partial charge in [0.25, 0.3) is 0 Å². The average molecular weight is 123 g/mol. The minimum absolute atomic E-state index is 0.916. The molecule has 50 valence electrons. The van der Waals surface area contributed by atoms with Crippen molar-refractivity contribution in [1.82, 2.24) is 0 Å². The van der Waals surface area contributed by atoms with Crippen molar-refractivity contribution < 1.29 is 0 Å². The fraction of sp³-hybridized carbons (Fsp3) is 0.875. The molecule has 1 heteroatoms. The number of hydrogen-bond acceptors (Lipinski definition) is 1. The van der Waals surface area contributed by atoms with Crippen LogP contribution in [0, 0.1) is 5.92 Å². The predicted molar refractivity (Wildman–Crippen MR) is 38.9 cm³/mol. The number of fused-ring (bicyclic) bond motifs is 1. The number of hydrogen-bond donors (Lipinski definition) is 0. The molecule has 1 aliphatic carbocycles. The van der Waals surface area contributed by atoms with Gasteiger partial charge in [-0.05, 0) is 31.6 Å². The molecule has 0 radical (unpaired) electrons. The van der Waals surface area contributed by atoms with Crippen LogP contribution in [-0.4, -0.2) is 12.3 Å². The van der Waals surface area contributed by atoms with Crippen LogP contribution in [0.4, 0.5) is 0 Å². The van der Waals surface area contributed by atoms with Gasteiger partial charge in [0, 0.05) is 12.3 Å². The van der Waals surface area contributed by atoms with Crippen LogP contribution < -0.4 is 0 Å². The highest BCUT2D eigenvalue weighted by Gasteiger charge is 2.23. The van der Waals surface area contributed by atoms with E-state index in [0.717, 1.165) is 12.5 Å². The molecule has 0 saturated heterocycles. The van der Waals surface area contributed by atoms with Crippen LogP contribution in [0.3, 0.4) is 0 Å². The molecule has 1 aliphatic heterocycles. The van der Waals surface area contributed by atoms with Gasteiger partial charge in [0.15, 0.2) is 0 Å². The third-order valence-corrected chi connectivity index (χ3v) is 2.50. The van der Waals surface area contributed by atoms with E-state index in [2.05, 4.69) is 4.99 Å². The Kier molecular flexibility index (Phi) is 1.29. The molecular formula is C8H13N. The maximum absolute atomic E-state index is 4.47. The van der Waals surface area contributed by atoms with Gasteiger partial charge >= 0.3 is 0 Å². The monoisotopic (exact) mass is 123 g/mol. The van der Waals surface area contributed by atoms with Gasteiger partial charge in [-0.2, -0.15) is 0 Å². The van der Waals surface area contributed by atoms with Crippen LogP contribution in [0.1, 0.15) is 32.1 Å². The second kappa shape index (κ2) is 2.13. The maximum Gasteiger partial charge on any atom is 0.0395 e.